The number of ketones is 1. The third-order valence-electron chi connectivity index (χ3n) is 3.11. The molecule has 0 unspecified atom stereocenters. The molecule has 0 aliphatic heterocycles. The molecule has 128 valence electrons. The Labute approximate surface area is 147 Å². The molecule has 0 saturated carbocycles. The number of Topliss-reactive ketones (excluding diaryl/α,β-unsaturated/α-hetero) is 1. The van der Waals surface area contributed by atoms with Gasteiger partial charge in [-0.05, 0) is 19.9 Å². The van der Waals surface area contributed by atoms with Crippen molar-refractivity contribution in [1.82, 2.24) is 4.98 Å². The lowest BCUT2D eigenvalue weighted by Gasteiger charge is -2.03. The Morgan fingerprint density at radius 2 is 2.00 bits per heavy atom. The molecule has 0 saturated heterocycles. The SMILES string of the molecule is CC(=O)Nc1nc(COC(=O)CCC(=O)c2cc(C)sc2C)cs1. The lowest BCUT2D eigenvalue weighted by molar-refractivity contribution is -0.145. The summed E-state index contributed by atoms with van der Waals surface area (Å²) in [5.41, 5.74) is 1.25. The van der Waals surface area contributed by atoms with Crippen LogP contribution in [-0.4, -0.2) is 22.6 Å². The fraction of sp³-hybridized carbons (Fsp3) is 0.375. The number of thiazole rings is 1. The zero-order valence-corrected chi connectivity index (χ0v) is 15.3. The first-order chi connectivity index (χ1) is 11.3. The minimum absolute atomic E-state index is 0.0275. The van der Waals surface area contributed by atoms with Crippen LogP contribution in [0.25, 0.3) is 0 Å². The zero-order chi connectivity index (χ0) is 17.7. The van der Waals surface area contributed by atoms with Crippen molar-refractivity contribution < 1.29 is 19.1 Å². The molecule has 0 radical (unpaired) electrons. The van der Waals surface area contributed by atoms with Gasteiger partial charge in [0.15, 0.2) is 10.9 Å². The first kappa shape index (κ1) is 18.3. The van der Waals surface area contributed by atoms with Crippen LogP contribution in [0.3, 0.4) is 0 Å². The third kappa shape index (κ3) is 5.24. The van der Waals surface area contributed by atoms with E-state index in [9.17, 15) is 14.4 Å². The average Bonchev–Trinajstić information content (AvgIpc) is 3.08. The van der Waals surface area contributed by atoms with Gasteiger partial charge in [0.1, 0.15) is 6.61 Å². The Kier molecular flexibility index (Phi) is 6.22. The van der Waals surface area contributed by atoms with Crippen LogP contribution in [0.4, 0.5) is 5.13 Å². The van der Waals surface area contributed by atoms with Gasteiger partial charge in [-0.3, -0.25) is 14.4 Å². The van der Waals surface area contributed by atoms with Crippen LogP contribution in [0.5, 0.6) is 0 Å². The van der Waals surface area contributed by atoms with Gasteiger partial charge in [-0.1, -0.05) is 0 Å². The molecule has 0 atom stereocenters. The van der Waals surface area contributed by atoms with Crippen molar-refractivity contribution >= 4 is 45.5 Å². The number of carbonyl (C=O) groups excluding carboxylic acids is 3. The maximum absolute atomic E-state index is 12.1. The second kappa shape index (κ2) is 8.16. The summed E-state index contributed by atoms with van der Waals surface area (Å²) in [6.07, 6.45) is 0.167. The smallest absolute Gasteiger partial charge is 0.306 e. The van der Waals surface area contributed by atoms with Gasteiger partial charge in [0.05, 0.1) is 12.1 Å². The lowest BCUT2D eigenvalue weighted by atomic mass is 10.1. The van der Waals surface area contributed by atoms with Gasteiger partial charge in [0.25, 0.3) is 0 Å². The Balaban J connectivity index is 1.77. The van der Waals surface area contributed by atoms with Gasteiger partial charge >= 0.3 is 5.97 Å². The highest BCUT2D eigenvalue weighted by molar-refractivity contribution is 7.14. The molecule has 2 heterocycles. The summed E-state index contributed by atoms with van der Waals surface area (Å²) in [7, 11) is 0. The number of esters is 1. The molecule has 24 heavy (non-hydrogen) atoms. The van der Waals surface area contributed by atoms with E-state index in [0.29, 0.717) is 16.4 Å². The van der Waals surface area contributed by atoms with Crippen molar-refractivity contribution in [2.24, 2.45) is 0 Å². The van der Waals surface area contributed by atoms with E-state index in [0.717, 1.165) is 9.75 Å². The number of anilines is 1. The van der Waals surface area contributed by atoms with E-state index in [2.05, 4.69) is 10.3 Å². The molecular formula is C16H18N2O4S2. The van der Waals surface area contributed by atoms with E-state index in [1.54, 1.807) is 16.7 Å². The molecule has 1 amide bonds. The van der Waals surface area contributed by atoms with Gasteiger partial charge in [-0.25, -0.2) is 4.98 Å². The number of hydrogen-bond donors (Lipinski definition) is 1. The lowest BCUT2D eigenvalue weighted by Crippen LogP contribution is -2.09. The molecule has 2 aromatic heterocycles. The van der Waals surface area contributed by atoms with Crippen molar-refractivity contribution in [1.29, 1.82) is 0 Å². The van der Waals surface area contributed by atoms with E-state index in [1.807, 2.05) is 19.9 Å². The normalized spacial score (nSPS) is 10.5. The summed E-state index contributed by atoms with van der Waals surface area (Å²) in [5.74, 6) is -0.692. The number of nitrogens with one attached hydrogen (secondary N) is 1. The van der Waals surface area contributed by atoms with Gasteiger partial charge in [-0.2, -0.15) is 0 Å². The van der Waals surface area contributed by atoms with Gasteiger partial charge in [0, 0.05) is 34.0 Å². The van der Waals surface area contributed by atoms with E-state index in [4.69, 9.17) is 4.74 Å². The summed E-state index contributed by atoms with van der Waals surface area (Å²) in [6.45, 7) is 5.28. The van der Waals surface area contributed by atoms with Crippen LogP contribution >= 0.6 is 22.7 Å². The highest BCUT2D eigenvalue weighted by atomic mass is 32.1. The fourth-order valence-electron chi connectivity index (χ4n) is 2.07. The van der Waals surface area contributed by atoms with Crippen molar-refractivity contribution in [2.75, 3.05) is 5.32 Å². The summed E-state index contributed by atoms with van der Waals surface area (Å²) in [4.78, 5) is 41.0. The van der Waals surface area contributed by atoms with Gasteiger partial charge in [-0.15, -0.1) is 22.7 Å². The maximum atomic E-state index is 12.1. The zero-order valence-electron chi connectivity index (χ0n) is 13.7. The molecular weight excluding hydrogens is 348 g/mol. The van der Waals surface area contributed by atoms with Crippen LogP contribution in [0, 0.1) is 13.8 Å². The monoisotopic (exact) mass is 366 g/mol. The number of thiophene rings is 1. The van der Waals surface area contributed by atoms with Crippen molar-refractivity contribution in [3.63, 3.8) is 0 Å². The molecule has 8 heteroatoms. The molecule has 0 aliphatic carbocycles. The minimum Gasteiger partial charge on any atom is -0.459 e. The predicted octanol–water partition coefficient (Wildman–Crippen LogP) is 3.49. The number of ether oxygens (including phenoxy) is 1. The largest absolute Gasteiger partial charge is 0.459 e. The Morgan fingerprint density at radius 1 is 1.25 bits per heavy atom. The number of hydrogen-bond acceptors (Lipinski definition) is 7. The van der Waals surface area contributed by atoms with Crippen molar-refractivity contribution in [3.05, 3.63) is 32.5 Å². The van der Waals surface area contributed by atoms with Crippen LogP contribution in [-0.2, 0) is 20.9 Å². The predicted molar refractivity (Wildman–Crippen MR) is 93.6 cm³/mol. The van der Waals surface area contributed by atoms with E-state index < -0.39 is 5.97 Å². The van der Waals surface area contributed by atoms with Crippen LogP contribution in [0.2, 0.25) is 0 Å². The Bertz CT molecular complexity index is 764. The number of carbonyl (C=O) groups is 3. The topological polar surface area (TPSA) is 85.4 Å². The standard InChI is InChI=1S/C16H18N2O4S2/c1-9-6-13(10(2)24-9)14(20)4-5-15(21)22-7-12-8-23-16(18-12)17-11(3)19/h6,8H,4-5,7H2,1-3H3,(H,17,18,19). The molecule has 0 aromatic carbocycles. The third-order valence-corrected chi connectivity index (χ3v) is 4.89. The van der Waals surface area contributed by atoms with E-state index >= 15 is 0 Å². The number of rotatable bonds is 7. The second-order valence-electron chi connectivity index (χ2n) is 5.24. The number of aromatic nitrogens is 1. The summed E-state index contributed by atoms with van der Waals surface area (Å²) in [5, 5.41) is 4.74. The number of aryl methyl sites for hydroxylation is 2. The first-order valence-electron chi connectivity index (χ1n) is 7.33. The number of amides is 1. The highest BCUT2D eigenvalue weighted by Gasteiger charge is 2.15. The fourth-order valence-corrected chi connectivity index (χ4v) is 3.75. The molecule has 0 fully saturated rings. The Morgan fingerprint density at radius 3 is 2.62 bits per heavy atom. The summed E-state index contributed by atoms with van der Waals surface area (Å²) >= 11 is 2.83. The quantitative estimate of drug-likeness (QED) is 0.599. The van der Waals surface area contributed by atoms with Crippen molar-refractivity contribution in [3.8, 4) is 0 Å². The summed E-state index contributed by atoms with van der Waals surface area (Å²) < 4.78 is 5.11. The summed E-state index contributed by atoms with van der Waals surface area (Å²) in [6, 6.07) is 1.85. The molecule has 2 rings (SSSR count). The van der Waals surface area contributed by atoms with E-state index in [-0.39, 0.29) is 31.1 Å². The van der Waals surface area contributed by atoms with Crippen LogP contribution < -0.4 is 5.32 Å². The Hall–Kier alpha value is -2.06. The minimum atomic E-state index is -0.443. The second-order valence-corrected chi connectivity index (χ2v) is 7.55. The van der Waals surface area contributed by atoms with Crippen LogP contribution in [0.15, 0.2) is 11.4 Å². The average molecular weight is 366 g/mol. The highest BCUT2D eigenvalue weighted by Crippen LogP contribution is 2.22. The van der Waals surface area contributed by atoms with Crippen LogP contribution in [0.1, 0.15) is 45.6 Å². The van der Waals surface area contributed by atoms with Gasteiger partial charge in [0.2, 0.25) is 5.91 Å². The maximum Gasteiger partial charge on any atom is 0.306 e. The van der Waals surface area contributed by atoms with Gasteiger partial charge < -0.3 is 10.1 Å². The molecule has 0 bridgehead atoms. The molecule has 1 N–H and O–H groups in total. The van der Waals surface area contributed by atoms with E-state index in [1.165, 1.54) is 18.3 Å². The number of nitrogens with zero attached hydrogens (tertiary/aromatic N) is 1. The molecule has 2 aromatic rings. The molecule has 0 aliphatic rings. The molecule has 0 spiro atoms. The first-order valence-corrected chi connectivity index (χ1v) is 9.02. The van der Waals surface area contributed by atoms with Crippen molar-refractivity contribution in [2.45, 2.75) is 40.2 Å². The molecule has 6 nitrogen and oxygen atoms in total.